The molecule has 0 fully saturated rings. The van der Waals surface area contributed by atoms with Gasteiger partial charge in [-0.1, -0.05) is 36.4 Å². The number of fused-ring (bicyclic) bond motifs is 3. The van der Waals surface area contributed by atoms with E-state index in [0.29, 0.717) is 22.0 Å². The molecule has 0 bridgehead atoms. The van der Waals surface area contributed by atoms with Crippen molar-refractivity contribution in [1.29, 1.82) is 0 Å². The average Bonchev–Trinajstić information content (AvgIpc) is 2.72. The summed E-state index contributed by atoms with van der Waals surface area (Å²) in [4.78, 5) is 38.1. The lowest BCUT2D eigenvalue weighted by Crippen LogP contribution is -2.27. The number of benzene rings is 2. The standard InChI is InChI=1S/C22H16N2O4/c1-2-12-24-19-15-10-6-7-11-18(15)28-22(27)16(19)13-17(21(24)26)23-20(25)14-8-4-3-5-9-14/h2-11,13H,1,12H2,(H,23,25). The molecule has 4 rings (SSSR count). The van der Waals surface area contributed by atoms with Gasteiger partial charge in [0.05, 0.1) is 10.9 Å². The summed E-state index contributed by atoms with van der Waals surface area (Å²) in [5.74, 6) is -0.438. The lowest BCUT2D eigenvalue weighted by molar-refractivity contribution is 0.102. The number of carbonyl (C=O) groups excluding carboxylic acids is 1. The van der Waals surface area contributed by atoms with Crippen LogP contribution in [0.3, 0.4) is 0 Å². The Hall–Kier alpha value is -3.93. The Morgan fingerprint density at radius 1 is 1.04 bits per heavy atom. The minimum Gasteiger partial charge on any atom is -0.422 e. The highest BCUT2D eigenvalue weighted by Gasteiger charge is 2.17. The number of rotatable bonds is 4. The summed E-state index contributed by atoms with van der Waals surface area (Å²) in [6.45, 7) is 3.87. The van der Waals surface area contributed by atoms with Gasteiger partial charge in [0.2, 0.25) is 0 Å². The summed E-state index contributed by atoms with van der Waals surface area (Å²) in [7, 11) is 0. The first kappa shape index (κ1) is 17.5. The third-order valence-electron chi connectivity index (χ3n) is 4.45. The molecule has 0 saturated carbocycles. The van der Waals surface area contributed by atoms with Gasteiger partial charge in [-0.2, -0.15) is 0 Å². The summed E-state index contributed by atoms with van der Waals surface area (Å²) < 4.78 is 6.80. The molecule has 28 heavy (non-hydrogen) atoms. The van der Waals surface area contributed by atoms with Crippen LogP contribution in [0.25, 0.3) is 21.9 Å². The van der Waals surface area contributed by atoms with Crippen molar-refractivity contribution in [3.8, 4) is 0 Å². The van der Waals surface area contributed by atoms with Crippen LogP contribution >= 0.6 is 0 Å². The molecule has 1 N–H and O–H groups in total. The zero-order valence-electron chi connectivity index (χ0n) is 14.8. The summed E-state index contributed by atoms with van der Waals surface area (Å²) >= 11 is 0. The number of aromatic nitrogens is 1. The maximum absolute atomic E-state index is 13.1. The van der Waals surface area contributed by atoms with Crippen molar-refractivity contribution in [2.24, 2.45) is 0 Å². The van der Waals surface area contributed by atoms with Crippen molar-refractivity contribution < 1.29 is 9.21 Å². The number of nitrogens with zero attached hydrogens (tertiary/aromatic N) is 1. The molecule has 2 aromatic heterocycles. The quantitative estimate of drug-likeness (QED) is 0.337. The molecule has 0 aliphatic carbocycles. The van der Waals surface area contributed by atoms with Gasteiger partial charge < -0.3 is 14.3 Å². The fraction of sp³-hybridized carbons (Fsp3) is 0.0455. The fourth-order valence-corrected chi connectivity index (χ4v) is 3.20. The highest BCUT2D eigenvalue weighted by atomic mass is 16.4. The van der Waals surface area contributed by atoms with Gasteiger partial charge >= 0.3 is 5.63 Å². The van der Waals surface area contributed by atoms with E-state index < -0.39 is 17.1 Å². The van der Waals surface area contributed by atoms with Gasteiger partial charge in [0, 0.05) is 17.5 Å². The van der Waals surface area contributed by atoms with E-state index in [1.807, 2.05) is 0 Å². The van der Waals surface area contributed by atoms with Crippen LogP contribution in [0.4, 0.5) is 5.69 Å². The predicted octanol–water partition coefficient (Wildman–Crippen LogP) is 3.55. The fourth-order valence-electron chi connectivity index (χ4n) is 3.20. The van der Waals surface area contributed by atoms with Crippen molar-refractivity contribution in [1.82, 2.24) is 4.57 Å². The van der Waals surface area contributed by atoms with Gasteiger partial charge in [-0.25, -0.2) is 4.79 Å². The first-order valence-corrected chi connectivity index (χ1v) is 8.67. The molecule has 0 aliphatic heterocycles. The van der Waals surface area contributed by atoms with Crippen molar-refractivity contribution in [3.63, 3.8) is 0 Å². The normalized spacial score (nSPS) is 10.9. The van der Waals surface area contributed by atoms with Crippen LogP contribution in [0, 0.1) is 0 Å². The van der Waals surface area contributed by atoms with Crippen LogP contribution in [0.2, 0.25) is 0 Å². The molecule has 138 valence electrons. The van der Waals surface area contributed by atoms with Crippen LogP contribution < -0.4 is 16.5 Å². The van der Waals surface area contributed by atoms with E-state index in [-0.39, 0.29) is 17.6 Å². The molecular formula is C22H16N2O4. The van der Waals surface area contributed by atoms with Crippen molar-refractivity contribution in [3.05, 3.63) is 99.7 Å². The molecule has 0 atom stereocenters. The lowest BCUT2D eigenvalue weighted by atomic mass is 10.1. The van der Waals surface area contributed by atoms with E-state index in [1.165, 1.54) is 10.6 Å². The number of carbonyl (C=O) groups is 1. The van der Waals surface area contributed by atoms with Crippen LogP contribution in [0.5, 0.6) is 0 Å². The Labute approximate surface area is 159 Å². The second-order valence-corrected chi connectivity index (χ2v) is 6.23. The molecule has 6 nitrogen and oxygen atoms in total. The van der Waals surface area contributed by atoms with Gasteiger partial charge in [0.15, 0.2) is 0 Å². The van der Waals surface area contributed by atoms with Crippen LogP contribution in [-0.2, 0) is 6.54 Å². The minimum atomic E-state index is -0.582. The SMILES string of the molecule is C=CCn1c(=O)c(NC(=O)c2ccccc2)cc2c(=O)oc3ccccc3c21. The second-order valence-electron chi connectivity index (χ2n) is 6.23. The molecule has 0 unspecified atom stereocenters. The molecule has 2 heterocycles. The number of allylic oxidation sites excluding steroid dienone is 1. The first-order valence-electron chi connectivity index (χ1n) is 8.67. The number of anilines is 1. The van der Waals surface area contributed by atoms with Gasteiger partial charge in [-0.3, -0.25) is 9.59 Å². The Morgan fingerprint density at radius 2 is 1.75 bits per heavy atom. The van der Waals surface area contributed by atoms with Crippen LogP contribution in [0.1, 0.15) is 10.4 Å². The largest absolute Gasteiger partial charge is 0.422 e. The molecule has 0 aliphatic rings. The summed E-state index contributed by atoms with van der Waals surface area (Å²) in [5.41, 5.74) is 0.246. The smallest absolute Gasteiger partial charge is 0.345 e. The lowest BCUT2D eigenvalue weighted by Gasteiger charge is -2.13. The molecule has 0 radical (unpaired) electrons. The maximum atomic E-state index is 13.1. The van der Waals surface area contributed by atoms with E-state index in [2.05, 4.69) is 11.9 Å². The second kappa shape index (κ2) is 7.00. The summed E-state index contributed by atoms with van der Waals surface area (Å²) in [5, 5.41) is 3.45. The van der Waals surface area contributed by atoms with Crippen molar-refractivity contribution >= 4 is 33.5 Å². The van der Waals surface area contributed by atoms with Crippen LogP contribution in [0.15, 0.2) is 87.3 Å². The Balaban J connectivity index is 1.98. The molecular weight excluding hydrogens is 356 g/mol. The van der Waals surface area contributed by atoms with E-state index in [1.54, 1.807) is 60.7 Å². The molecule has 2 aromatic carbocycles. The summed E-state index contributed by atoms with van der Waals surface area (Å²) in [6.07, 6.45) is 1.56. The Kier molecular flexibility index (Phi) is 4.37. The molecule has 0 spiro atoms. The monoisotopic (exact) mass is 372 g/mol. The number of hydrogen-bond acceptors (Lipinski definition) is 4. The number of amides is 1. The van der Waals surface area contributed by atoms with E-state index in [9.17, 15) is 14.4 Å². The Bertz CT molecular complexity index is 1330. The van der Waals surface area contributed by atoms with E-state index >= 15 is 0 Å². The van der Waals surface area contributed by atoms with E-state index in [0.717, 1.165) is 0 Å². The summed E-state index contributed by atoms with van der Waals surface area (Å²) in [6, 6.07) is 16.9. The highest BCUT2D eigenvalue weighted by molar-refractivity contribution is 6.07. The number of nitrogens with one attached hydrogen (secondary N) is 1. The van der Waals surface area contributed by atoms with Gasteiger partial charge in [-0.15, -0.1) is 6.58 Å². The topological polar surface area (TPSA) is 81.3 Å². The average molecular weight is 372 g/mol. The van der Waals surface area contributed by atoms with Crippen molar-refractivity contribution in [2.75, 3.05) is 5.32 Å². The van der Waals surface area contributed by atoms with E-state index in [4.69, 9.17) is 4.42 Å². The Morgan fingerprint density at radius 3 is 2.50 bits per heavy atom. The molecule has 6 heteroatoms. The third kappa shape index (κ3) is 2.91. The third-order valence-corrected chi connectivity index (χ3v) is 4.45. The zero-order chi connectivity index (χ0) is 19.7. The highest BCUT2D eigenvalue weighted by Crippen LogP contribution is 2.23. The number of hydrogen-bond donors (Lipinski definition) is 1. The molecule has 4 aromatic rings. The molecule has 1 amide bonds. The van der Waals surface area contributed by atoms with Crippen LogP contribution in [-0.4, -0.2) is 10.5 Å². The number of pyridine rings is 1. The number of para-hydroxylation sites is 1. The first-order chi connectivity index (χ1) is 13.6. The minimum absolute atomic E-state index is 0.00536. The van der Waals surface area contributed by atoms with Gasteiger partial charge in [-0.05, 0) is 30.3 Å². The van der Waals surface area contributed by atoms with Gasteiger partial charge in [0.25, 0.3) is 11.5 Å². The zero-order valence-corrected chi connectivity index (χ0v) is 14.8. The maximum Gasteiger partial charge on any atom is 0.345 e. The van der Waals surface area contributed by atoms with Crippen molar-refractivity contribution in [2.45, 2.75) is 6.54 Å². The van der Waals surface area contributed by atoms with Gasteiger partial charge in [0.1, 0.15) is 11.3 Å². The predicted molar refractivity (Wildman–Crippen MR) is 109 cm³/mol. The molecule has 0 saturated heterocycles.